The monoisotopic (exact) mass is 603 g/mol. The van der Waals surface area contributed by atoms with Crippen LogP contribution >= 0.6 is 0 Å². The molecule has 0 saturated carbocycles. The zero-order valence-corrected chi connectivity index (χ0v) is 25.1. The lowest BCUT2D eigenvalue weighted by Gasteiger charge is -2.09. The molecule has 0 spiro atoms. The molecule has 6 aromatic carbocycles. The number of hydrogen-bond donors (Lipinski definition) is 0. The van der Waals surface area contributed by atoms with Gasteiger partial charge in [-0.05, 0) is 72.8 Å². The maximum absolute atomic E-state index is 5.44. The van der Waals surface area contributed by atoms with Gasteiger partial charge in [0.1, 0.15) is 5.52 Å². The van der Waals surface area contributed by atoms with Crippen LogP contribution in [0, 0.1) is 0 Å². The van der Waals surface area contributed by atoms with Gasteiger partial charge in [-0.1, -0.05) is 78.9 Å². The molecule has 0 fully saturated rings. The Labute approximate surface area is 267 Å². The smallest absolute Gasteiger partial charge is 0.222 e. The molecular formula is C40H25N7. The third kappa shape index (κ3) is 3.19. The lowest BCUT2D eigenvalue weighted by Crippen LogP contribution is -1.98. The summed E-state index contributed by atoms with van der Waals surface area (Å²) >= 11 is 0. The lowest BCUT2D eigenvalue weighted by molar-refractivity contribution is 1.09. The second-order valence-electron chi connectivity index (χ2n) is 12.0. The highest BCUT2D eigenvalue weighted by Crippen LogP contribution is 2.38. The van der Waals surface area contributed by atoms with Gasteiger partial charge < -0.3 is 0 Å². The van der Waals surface area contributed by atoms with E-state index in [0.717, 1.165) is 83.8 Å². The van der Waals surface area contributed by atoms with E-state index < -0.39 is 0 Å². The van der Waals surface area contributed by atoms with E-state index in [9.17, 15) is 0 Å². The Bertz CT molecular complexity index is 3010. The minimum absolute atomic E-state index is 0.890. The maximum Gasteiger partial charge on any atom is 0.222 e. The summed E-state index contributed by atoms with van der Waals surface area (Å²) < 4.78 is 11.4. The summed E-state index contributed by atoms with van der Waals surface area (Å²) in [6.45, 7) is 0. The molecule has 220 valence electrons. The zero-order valence-electron chi connectivity index (χ0n) is 25.1. The van der Waals surface area contributed by atoms with E-state index in [2.05, 4.69) is 168 Å². The fourth-order valence-corrected chi connectivity index (χ4v) is 7.56. The highest BCUT2D eigenvalue weighted by molar-refractivity contribution is 6.10. The third-order valence-corrected chi connectivity index (χ3v) is 9.49. The first-order chi connectivity index (χ1) is 23.3. The number of hydrogen-bond acceptors (Lipinski definition) is 2. The van der Waals surface area contributed by atoms with Crippen LogP contribution in [0.2, 0.25) is 0 Å². The van der Waals surface area contributed by atoms with Gasteiger partial charge >= 0.3 is 0 Å². The quantitative estimate of drug-likeness (QED) is 0.202. The molecule has 11 rings (SSSR count). The first kappa shape index (κ1) is 24.7. The van der Waals surface area contributed by atoms with E-state index >= 15 is 0 Å². The number of fused-ring (bicyclic) bond motifs is 12. The molecule has 0 unspecified atom stereocenters. The number of imidazole rings is 4. The summed E-state index contributed by atoms with van der Waals surface area (Å²) in [5.74, 6) is 1.78. The van der Waals surface area contributed by atoms with Crippen LogP contribution in [-0.2, 0) is 0 Å². The Hall–Kier alpha value is -6.60. The molecule has 7 nitrogen and oxygen atoms in total. The van der Waals surface area contributed by atoms with Gasteiger partial charge in [0.2, 0.25) is 11.6 Å². The number of para-hydroxylation sites is 7. The first-order valence-corrected chi connectivity index (χ1v) is 15.8. The molecule has 47 heavy (non-hydrogen) atoms. The Balaban J connectivity index is 1.27. The van der Waals surface area contributed by atoms with E-state index in [4.69, 9.17) is 9.97 Å². The van der Waals surface area contributed by atoms with Crippen molar-refractivity contribution < 1.29 is 0 Å². The van der Waals surface area contributed by atoms with Crippen LogP contribution in [0.5, 0.6) is 0 Å². The molecule has 5 heterocycles. The normalized spacial score (nSPS) is 12.3. The maximum atomic E-state index is 5.44. The second-order valence-corrected chi connectivity index (χ2v) is 12.0. The molecule has 0 N–H and O–H groups in total. The molecule has 0 aliphatic heterocycles. The van der Waals surface area contributed by atoms with Crippen molar-refractivity contribution in [1.29, 1.82) is 0 Å². The summed E-state index contributed by atoms with van der Waals surface area (Å²) in [5, 5.41) is 1.16. The Morgan fingerprint density at radius 3 is 1.68 bits per heavy atom. The highest BCUT2D eigenvalue weighted by atomic mass is 15.3. The van der Waals surface area contributed by atoms with Crippen molar-refractivity contribution in [3.63, 3.8) is 0 Å². The summed E-state index contributed by atoms with van der Waals surface area (Å²) in [7, 11) is 0. The van der Waals surface area contributed by atoms with Gasteiger partial charge in [0, 0.05) is 22.4 Å². The second kappa shape index (κ2) is 8.99. The summed E-state index contributed by atoms with van der Waals surface area (Å²) in [6, 6.07) is 53.3. The Morgan fingerprint density at radius 2 is 0.936 bits per heavy atom. The van der Waals surface area contributed by atoms with Gasteiger partial charge in [0.05, 0.1) is 38.6 Å². The van der Waals surface area contributed by atoms with Crippen molar-refractivity contribution in [1.82, 2.24) is 32.5 Å². The fraction of sp³-hybridized carbons (Fsp3) is 0. The number of nitrogens with zero attached hydrogens (tertiary/aromatic N) is 7. The van der Waals surface area contributed by atoms with Gasteiger partial charge in [-0.2, -0.15) is 4.98 Å². The highest BCUT2D eigenvalue weighted by Gasteiger charge is 2.24. The van der Waals surface area contributed by atoms with Gasteiger partial charge in [0.15, 0.2) is 5.65 Å². The largest absolute Gasteiger partial charge is 0.292 e. The van der Waals surface area contributed by atoms with Gasteiger partial charge in [-0.15, -0.1) is 0 Å². The van der Waals surface area contributed by atoms with E-state index in [-0.39, 0.29) is 0 Å². The topological polar surface area (TPSA) is 49.4 Å². The van der Waals surface area contributed by atoms with E-state index in [1.807, 2.05) is 6.07 Å². The molecule has 0 saturated heterocycles. The molecule has 5 aromatic heterocycles. The van der Waals surface area contributed by atoms with Crippen LogP contribution < -0.4 is 0 Å². The molecule has 0 atom stereocenters. The molecule has 0 amide bonds. The van der Waals surface area contributed by atoms with Crippen LogP contribution in [0.4, 0.5) is 0 Å². The number of aromatic nitrogens is 7. The van der Waals surface area contributed by atoms with Crippen molar-refractivity contribution in [2.24, 2.45) is 0 Å². The van der Waals surface area contributed by atoms with E-state index in [1.165, 1.54) is 0 Å². The van der Waals surface area contributed by atoms with Crippen molar-refractivity contribution >= 4 is 66.7 Å². The van der Waals surface area contributed by atoms with Crippen LogP contribution in [-0.4, -0.2) is 32.5 Å². The molecule has 0 bridgehead atoms. The number of rotatable bonds is 3. The lowest BCUT2D eigenvalue weighted by atomic mass is 10.2. The van der Waals surface area contributed by atoms with Crippen LogP contribution in [0.25, 0.3) is 83.8 Å². The summed E-state index contributed by atoms with van der Waals surface area (Å²) in [4.78, 5) is 10.6. The minimum Gasteiger partial charge on any atom is -0.292 e. The molecule has 0 aliphatic carbocycles. The van der Waals surface area contributed by atoms with Gasteiger partial charge in [0.25, 0.3) is 0 Å². The van der Waals surface area contributed by atoms with Crippen molar-refractivity contribution in [2.45, 2.75) is 0 Å². The van der Waals surface area contributed by atoms with Crippen molar-refractivity contribution in [3.8, 4) is 17.1 Å². The molecular weight excluding hydrogens is 578 g/mol. The predicted octanol–water partition coefficient (Wildman–Crippen LogP) is 9.12. The first-order valence-electron chi connectivity index (χ1n) is 15.8. The summed E-state index contributed by atoms with van der Waals surface area (Å²) in [5.41, 5.74) is 12.8. The zero-order chi connectivity index (χ0) is 30.6. The molecule has 0 radical (unpaired) electrons. The Morgan fingerprint density at radius 1 is 0.362 bits per heavy atom. The average Bonchev–Trinajstić information content (AvgIpc) is 3.90. The van der Waals surface area contributed by atoms with Crippen LogP contribution in [0.3, 0.4) is 0 Å². The third-order valence-electron chi connectivity index (χ3n) is 9.49. The van der Waals surface area contributed by atoms with Gasteiger partial charge in [-0.3, -0.25) is 22.5 Å². The molecule has 11 aromatic rings. The predicted molar refractivity (Wildman–Crippen MR) is 189 cm³/mol. The van der Waals surface area contributed by atoms with E-state index in [0.29, 0.717) is 0 Å². The number of benzene rings is 6. The van der Waals surface area contributed by atoms with E-state index in [1.54, 1.807) is 0 Å². The standard InChI is InChI=1S/C40H25N7/c1-3-13-26(14-4-1)44-33-21-11-12-22-34(33)47-37-29-17-7-9-19-31(29)43(38(37)42-40(44)47)28-23-24-35-36(25-28)46-32-20-10-8-18-30(32)41-39(46)45(35)27-15-5-2-6-16-27/h1-25H. The van der Waals surface area contributed by atoms with Crippen LogP contribution in [0.15, 0.2) is 152 Å². The summed E-state index contributed by atoms with van der Waals surface area (Å²) in [6.07, 6.45) is 0. The fourth-order valence-electron chi connectivity index (χ4n) is 7.56. The van der Waals surface area contributed by atoms with Crippen molar-refractivity contribution in [3.05, 3.63) is 152 Å². The molecule has 0 aliphatic rings. The molecule has 7 heteroatoms. The van der Waals surface area contributed by atoms with Crippen molar-refractivity contribution in [2.75, 3.05) is 0 Å². The Kier molecular flexibility index (Phi) is 4.72. The SMILES string of the molecule is c1ccc(-n2c3ccc(-n4c5ccccc5c5c4nc4n(-c6ccccc6)c6ccccc6n54)cc3n3c4ccccc4nc23)cc1. The van der Waals surface area contributed by atoms with Crippen LogP contribution in [0.1, 0.15) is 0 Å². The van der Waals surface area contributed by atoms with Gasteiger partial charge in [-0.25, -0.2) is 4.98 Å². The average molecular weight is 604 g/mol. The minimum atomic E-state index is 0.890.